The Balaban J connectivity index is 1.53. The zero-order valence-corrected chi connectivity index (χ0v) is 16.4. The number of aromatic nitrogens is 1. The van der Waals surface area contributed by atoms with Gasteiger partial charge in [-0.05, 0) is 30.5 Å². The number of amides is 2. The molecule has 0 saturated carbocycles. The van der Waals surface area contributed by atoms with Crippen LogP contribution in [0.4, 0.5) is 10.6 Å². The van der Waals surface area contributed by atoms with Gasteiger partial charge in [-0.1, -0.05) is 30.3 Å². The van der Waals surface area contributed by atoms with Crippen molar-refractivity contribution in [1.29, 1.82) is 0 Å². The summed E-state index contributed by atoms with van der Waals surface area (Å²) < 4.78 is 27.3. The summed E-state index contributed by atoms with van der Waals surface area (Å²) in [6.45, 7) is 0.707. The van der Waals surface area contributed by atoms with Gasteiger partial charge in [0.25, 0.3) is 0 Å². The van der Waals surface area contributed by atoms with Crippen molar-refractivity contribution >= 4 is 27.8 Å². The zero-order valence-electron chi connectivity index (χ0n) is 15.6. The standard InChI is InChI=1S/C19H22N4O5S/c24-18(15-9-11-23(13-15)19(25)26)22-17-7-6-16(12-20-17)29(27,28)21-10-8-14-4-2-1-3-5-14/h1-7,12,15,21H,8-11,13H2,(H,25,26)(H,20,22,24)/t15-/m0/s1. The number of hydrogen-bond acceptors (Lipinski definition) is 5. The van der Waals surface area contributed by atoms with Gasteiger partial charge in [-0.3, -0.25) is 4.79 Å². The van der Waals surface area contributed by atoms with Crippen LogP contribution in [0.2, 0.25) is 0 Å². The summed E-state index contributed by atoms with van der Waals surface area (Å²) in [5.41, 5.74) is 1.03. The number of carboxylic acid groups (broad SMARTS) is 1. The number of carbonyl (C=O) groups is 2. The molecule has 29 heavy (non-hydrogen) atoms. The third kappa shape index (κ3) is 5.52. The van der Waals surface area contributed by atoms with Gasteiger partial charge in [0.1, 0.15) is 10.7 Å². The van der Waals surface area contributed by atoms with Crippen LogP contribution in [0.3, 0.4) is 0 Å². The van der Waals surface area contributed by atoms with Gasteiger partial charge in [-0.15, -0.1) is 0 Å². The van der Waals surface area contributed by atoms with Gasteiger partial charge in [0.05, 0.1) is 5.92 Å². The van der Waals surface area contributed by atoms with E-state index in [0.29, 0.717) is 19.4 Å². The molecule has 10 heteroatoms. The minimum absolute atomic E-state index is 0.00137. The lowest BCUT2D eigenvalue weighted by molar-refractivity contribution is -0.119. The highest BCUT2D eigenvalue weighted by Crippen LogP contribution is 2.18. The number of anilines is 1. The second-order valence-corrected chi connectivity index (χ2v) is 8.48. The second-order valence-electron chi connectivity index (χ2n) is 6.72. The molecule has 1 saturated heterocycles. The SMILES string of the molecule is O=C(Nc1ccc(S(=O)(=O)NCCc2ccccc2)cn1)[C@H]1CCN(C(=O)O)C1. The molecule has 1 fully saturated rings. The van der Waals surface area contributed by atoms with E-state index in [2.05, 4.69) is 15.0 Å². The zero-order chi connectivity index (χ0) is 20.9. The minimum Gasteiger partial charge on any atom is -0.465 e. The molecule has 0 unspecified atom stereocenters. The number of pyridine rings is 1. The largest absolute Gasteiger partial charge is 0.465 e. The Morgan fingerprint density at radius 3 is 2.55 bits per heavy atom. The number of sulfonamides is 1. The molecule has 1 aliphatic rings. The summed E-state index contributed by atoms with van der Waals surface area (Å²) in [7, 11) is -3.71. The number of rotatable bonds is 7. The Hall–Kier alpha value is -2.98. The highest BCUT2D eigenvalue weighted by atomic mass is 32.2. The van der Waals surface area contributed by atoms with Gasteiger partial charge >= 0.3 is 6.09 Å². The van der Waals surface area contributed by atoms with Crippen LogP contribution in [-0.4, -0.2) is 55.0 Å². The van der Waals surface area contributed by atoms with Crippen molar-refractivity contribution in [1.82, 2.24) is 14.6 Å². The van der Waals surface area contributed by atoms with Crippen LogP contribution < -0.4 is 10.0 Å². The predicted molar refractivity (Wildman–Crippen MR) is 106 cm³/mol. The number of hydrogen-bond donors (Lipinski definition) is 3. The molecule has 9 nitrogen and oxygen atoms in total. The number of carbonyl (C=O) groups excluding carboxylic acids is 1. The maximum absolute atomic E-state index is 12.4. The Morgan fingerprint density at radius 1 is 1.17 bits per heavy atom. The van der Waals surface area contributed by atoms with E-state index in [1.54, 1.807) is 0 Å². The Morgan fingerprint density at radius 2 is 1.93 bits per heavy atom. The number of nitrogens with zero attached hydrogens (tertiary/aromatic N) is 2. The van der Waals surface area contributed by atoms with Crippen LogP contribution in [0.15, 0.2) is 53.6 Å². The summed E-state index contributed by atoms with van der Waals surface area (Å²) in [5, 5.41) is 11.6. The summed E-state index contributed by atoms with van der Waals surface area (Å²) in [6.07, 6.45) is 1.14. The fourth-order valence-electron chi connectivity index (χ4n) is 3.05. The molecule has 3 N–H and O–H groups in total. The number of nitrogens with one attached hydrogen (secondary N) is 2. The Labute approximate surface area is 168 Å². The highest BCUT2D eigenvalue weighted by molar-refractivity contribution is 7.89. The number of benzene rings is 1. The summed E-state index contributed by atoms with van der Waals surface area (Å²) in [6, 6.07) is 12.3. The van der Waals surface area contributed by atoms with Gasteiger partial charge in [0.15, 0.2) is 0 Å². The van der Waals surface area contributed by atoms with Crippen molar-refractivity contribution in [3.63, 3.8) is 0 Å². The first-order valence-corrected chi connectivity index (χ1v) is 10.6. The molecule has 1 aliphatic heterocycles. The third-order valence-corrected chi connectivity index (χ3v) is 6.12. The average molecular weight is 418 g/mol. The first kappa shape index (κ1) is 20.7. The predicted octanol–water partition coefficient (Wildman–Crippen LogP) is 1.54. The monoisotopic (exact) mass is 418 g/mol. The quantitative estimate of drug-likeness (QED) is 0.626. The summed E-state index contributed by atoms with van der Waals surface area (Å²) in [5.74, 6) is -0.569. The molecule has 3 rings (SSSR count). The van der Waals surface area contributed by atoms with Crippen LogP contribution in [0.5, 0.6) is 0 Å². The Kier molecular flexibility index (Phi) is 6.45. The van der Waals surface area contributed by atoms with E-state index in [4.69, 9.17) is 5.11 Å². The van der Waals surface area contributed by atoms with Crippen LogP contribution in [0, 0.1) is 5.92 Å². The van der Waals surface area contributed by atoms with Gasteiger partial charge < -0.3 is 15.3 Å². The lowest BCUT2D eigenvalue weighted by Crippen LogP contribution is -2.30. The molecule has 1 aromatic heterocycles. The van der Waals surface area contributed by atoms with Crippen molar-refractivity contribution in [3.05, 3.63) is 54.2 Å². The molecule has 1 aromatic carbocycles. The normalized spacial score (nSPS) is 16.6. The fraction of sp³-hybridized carbons (Fsp3) is 0.316. The van der Waals surface area contributed by atoms with Crippen LogP contribution in [0.1, 0.15) is 12.0 Å². The van der Waals surface area contributed by atoms with E-state index < -0.39 is 22.0 Å². The van der Waals surface area contributed by atoms with Gasteiger partial charge in [-0.25, -0.2) is 22.9 Å². The topological polar surface area (TPSA) is 129 Å². The maximum Gasteiger partial charge on any atom is 0.407 e. The third-order valence-electron chi connectivity index (χ3n) is 4.68. The van der Waals surface area contributed by atoms with E-state index in [9.17, 15) is 18.0 Å². The molecule has 0 radical (unpaired) electrons. The maximum atomic E-state index is 12.4. The molecule has 1 atom stereocenters. The fourth-order valence-corrected chi connectivity index (χ4v) is 4.02. The first-order chi connectivity index (χ1) is 13.8. The molecule has 2 aromatic rings. The van der Waals surface area contributed by atoms with Crippen molar-refractivity contribution < 1.29 is 23.1 Å². The van der Waals surface area contributed by atoms with E-state index >= 15 is 0 Å². The van der Waals surface area contributed by atoms with Gasteiger partial charge in [-0.2, -0.15) is 0 Å². The van der Waals surface area contributed by atoms with Crippen molar-refractivity contribution in [3.8, 4) is 0 Å². The van der Waals surface area contributed by atoms with Crippen LogP contribution in [-0.2, 0) is 21.2 Å². The van der Waals surface area contributed by atoms with Crippen molar-refractivity contribution in [2.75, 3.05) is 25.0 Å². The number of likely N-dealkylation sites (tertiary alicyclic amines) is 1. The summed E-state index contributed by atoms with van der Waals surface area (Å²) >= 11 is 0. The first-order valence-electron chi connectivity index (χ1n) is 9.13. The van der Waals surface area contributed by atoms with Crippen LogP contribution in [0.25, 0.3) is 0 Å². The second kappa shape index (κ2) is 9.01. The van der Waals surface area contributed by atoms with E-state index in [1.807, 2.05) is 30.3 Å². The van der Waals surface area contributed by atoms with Gasteiger partial charge in [0, 0.05) is 25.8 Å². The molecule has 0 bridgehead atoms. The molecule has 2 heterocycles. The smallest absolute Gasteiger partial charge is 0.407 e. The molecule has 0 aliphatic carbocycles. The lowest BCUT2D eigenvalue weighted by atomic mass is 10.1. The Bertz CT molecular complexity index is 964. The lowest BCUT2D eigenvalue weighted by Gasteiger charge is -2.12. The van der Waals surface area contributed by atoms with E-state index in [0.717, 1.165) is 5.56 Å². The molecule has 2 amide bonds. The van der Waals surface area contributed by atoms with E-state index in [-0.39, 0.29) is 29.7 Å². The van der Waals surface area contributed by atoms with Crippen molar-refractivity contribution in [2.24, 2.45) is 5.92 Å². The average Bonchev–Trinajstić information content (AvgIpc) is 3.20. The van der Waals surface area contributed by atoms with E-state index in [1.165, 1.54) is 23.2 Å². The highest BCUT2D eigenvalue weighted by Gasteiger charge is 2.31. The molecule has 154 valence electrons. The van der Waals surface area contributed by atoms with Gasteiger partial charge in [0.2, 0.25) is 15.9 Å². The summed E-state index contributed by atoms with van der Waals surface area (Å²) in [4.78, 5) is 28.4. The van der Waals surface area contributed by atoms with Crippen molar-refractivity contribution in [2.45, 2.75) is 17.7 Å². The molecule has 0 spiro atoms. The minimum atomic E-state index is -3.71. The molecular weight excluding hydrogens is 396 g/mol. The van der Waals surface area contributed by atoms with Crippen LogP contribution >= 0.6 is 0 Å². The molecular formula is C19H22N4O5S.